The molecule has 1 N–H and O–H groups in total. The molecule has 31 heavy (non-hydrogen) atoms. The number of para-hydroxylation sites is 1. The van der Waals surface area contributed by atoms with Crippen LogP contribution in [-0.2, 0) is 13.0 Å². The molecule has 0 atom stereocenters. The lowest BCUT2D eigenvalue weighted by molar-refractivity contribution is 0.0706. The number of methoxy groups -OCH3 is 1. The molecule has 1 aromatic carbocycles. The van der Waals surface area contributed by atoms with Crippen LogP contribution in [0.5, 0.6) is 5.75 Å². The Kier molecular flexibility index (Phi) is 4.70. The van der Waals surface area contributed by atoms with Crippen LogP contribution in [0, 0.1) is 6.92 Å². The second kappa shape index (κ2) is 7.55. The molecule has 4 heterocycles. The Morgan fingerprint density at radius 3 is 2.94 bits per heavy atom. The number of nitrogens with one attached hydrogen (secondary N) is 1. The third kappa shape index (κ3) is 3.55. The van der Waals surface area contributed by atoms with E-state index in [0.29, 0.717) is 41.7 Å². The van der Waals surface area contributed by atoms with Crippen LogP contribution in [0.1, 0.15) is 37.4 Å². The van der Waals surface area contributed by atoms with Crippen LogP contribution in [0.25, 0.3) is 11.0 Å². The summed E-state index contributed by atoms with van der Waals surface area (Å²) in [5.41, 5.74) is 1.63. The van der Waals surface area contributed by atoms with Crippen molar-refractivity contribution in [3.63, 3.8) is 0 Å². The maximum absolute atomic E-state index is 13.0. The van der Waals surface area contributed by atoms with E-state index >= 15 is 0 Å². The van der Waals surface area contributed by atoms with E-state index in [1.165, 1.54) is 11.3 Å². The van der Waals surface area contributed by atoms with Crippen molar-refractivity contribution in [2.45, 2.75) is 19.9 Å². The standard InChI is InChI=1S/C21H18N4O5S/c1-11-8-14(24-30-11)19(26)23-21-22-13-6-7-25(10-17(13)31-21)20(27)16-9-12-4-3-5-15(28-2)18(12)29-16/h3-5,8-9H,6-7,10H2,1-2H3,(H,22,23,26). The second-order valence-electron chi connectivity index (χ2n) is 7.13. The first-order valence-corrected chi connectivity index (χ1v) is 10.4. The van der Waals surface area contributed by atoms with Gasteiger partial charge in [-0.15, -0.1) is 0 Å². The molecule has 0 saturated carbocycles. The number of furan rings is 1. The monoisotopic (exact) mass is 438 g/mol. The van der Waals surface area contributed by atoms with Crippen molar-refractivity contribution in [3.8, 4) is 5.75 Å². The predicted molar refractivity (Wildman–Crippen MR) is 113 cm³/mol. The number of ether oxygens (including phenoxy) is 1. The van der Waals surface area contributed by atoms with Gasteiger partial charge in [-0.05, 0) is 19.1 Å². The highest BCUT2D eigenvalue weighted by Gasteiger charge is 2.28. The first-order chi connectivity index (χ1) is 15.0. The first-order valence-electron chi connectivity index (χ1n) is 9.61. The molecule has 0 spiro atoms. The number of anilines is 1. The molecule has 0 saturated heterocycles. The smallest absolute Gasteiger partial charge is 0.289 e. The van der Waals surface area contributed by atoms with Crippen molar-refractivity contribution in [2.75, 3.05) is 19.0 Å². The van der Waals surface area contributed by atoms with E-state index in [9.17, 15) is 9.59 Å². The molecular weight excluding hydrogens is 420 g/mol. The predicted octanol–water partition coefficient (Wildman–Crippen LogP) is 3.65. The van der Waals surface area contributed by atoms with Crippen molar-refractivity contribution in [1.29, 1.82) is 0 Å². The number of carbonyl (C=O) groups is 2. The van der Waals surface area contributed by atoms with Crippen LogP contribution in [-0.4, -0.2) is 40.5 Å². The lowest BCUT2D eigenvalue weighted by Gasteiger charge is -2.25. The van der Waals surface area contributed by atoms with Gasteiger partial charge >= 0.3 is 0 Å². The molecule has 5 rings (SSSR count). The molecular formula is C21H18N4O5S. The Morgan fingerprint density at radius 1 is 1.29 bits per heavy atom. The molecule has 0 aliphatic carbocycles. The van der Waals surface area contributed by atoms with Gasteiger partial charge < -0.3 is 18.6 Å². The van der Waals surface area contributed by atoms with Crippen LogP contribution < -0.4 is 10.1 Å². The number of aromatic nitrogens is 2. The quantitative estimate of drug-likeness (QED) is 0.518. The minimum Gasteiger partial charge on any atom is -0.493 e. The molecule has 9 nitrogen and oxygen atoms in total. The summed E-state index contributed by atoms with van der Waals surface area (Å²) in [5.74, 6) is 0.832. The number of thiazole rings is 1. The summed E-state index contributed by atoms with van der Waals surface area (Å²) in [4.78, 5) is 32.5. The summed E-state index contributed by atoms with van der Waals surface area (Å²) in [5, 5.41) is 7.74. The summed E-state index contributed by atoms with van der Waals surface area (Å²) in [6.07, 6.45) is 0.597. The summed E-state index contributed by atoms with van der Waals surface area (Å²) in [7, 11) is 1.56. The van der Waals surface area contributed by atoms with Crippen LogP contribution in [0.15, 0.2) is 39.3 Å². The SMILES string of the molecule is COc1cccc2cc(C(=O)N3CCc4nc(NC(=O)c5cc(C)on5)sc4C3)oc12. The summed E-state index contributed by atoms with van der Waals surface area (Å²) in [6, 6.07) is 8.81. The topological polar surface area (TPSA) is 111 Å². The van der Waals surface area contributed by atoms with Crippen molar-refractivity contribution >= 4 is 39.3 Å². The van der Waals surface area contributed by atoms with E-state index in [1.54, 1.807) is 37.1 Å². The molecule has 1 aliphatic heterocycles. The second-order valence-corrected chi connectivity index (χ2v) is 8.22. The lowest BCUT2D eigenvalue weighted by Crippen LogP contribution is -2.35. The molecule has 0 fully saturated rings. The number of nitrogens with zero attached hydrogens (tertiary/aromatic N) is 3. The average molecular weight is 438 g/mol. The third-order valence-electron chi connectivity index (χ3n) is 5.04. The van der Waals surface area contributed by atoms with Gasteiger partial charge in [0.1, 0.15) is 5.76 Å². The van der Waals surface area contributed by atoms with Crippen molar-refractivity contribution in [1.82, 2.24) is 15.0 Å². The Morgan fingerprint density at radius 2 is 2.16 bits per heavy atom. The number of carbonyl (C=O) groups excluding carboxylic acids is 2. The van der Waals surface area contributed by atoms with Crippen molar-refractivity contribution < 1.29 is 23.3 Å². The maximum atomic E-state index is 13.0. The van der Waals surface area contributed by atoms with Crippen molar-refractivity contribution in [3.05, 3.63) is 58.1 Å². The number of amides is 2. The van der Waals surface area contributed by atoms with Crippen LogP contribution in [0.3, 0.4) is 0 Å². The van der Waals surface area contributed by atoms with Gasteiger partial charge in [0, 0.05) is 29.3 Å². The number of benzene rings is 1. The minimum atomic E-state index is -0.382. The molecule has 1 aliphatic rings. The van der Waals surface area contributed by atoms with Gasteiger partial charge in [-0.25, -0.2) is 4.98 Å². The minimum absolute atomic E-state index is 0.194. The molecule has 158 valence electrons. The lowest BCUT2D eigenvalue weighted by atomic mass is 10.1. The number of rotatable bonds is 4. The Hall–Kier alpha value is -3.66. The van der Waals surface area contributed by atoms with E-state index in [-0.39, 0.29) is 23.3 Å². The molecule has 3 aromatic heterocycles. The Balaban J connectivity index is 1.32. The molecule has 2 amide bonds. The Labute approximate surface area is 180 Å². The van der Waals surface area contributed by atoms with Gasteiger partial charge in [0.05, 0.1) is 19.3 Å². The van der Waals surface area contributed by atoms with Crippen LogP contribution >= 0.6 is 11.3 Å². The fraction of sp³-hybridized carbons (Fsp3) is 0.238. The fourth-order valence-electron chi connectivity index (χ4n) is 3.52. The number of aryl methyl sites for hydroxylation is 1. The van der Waals surface area contributed by atoms with Gasteiger partial charge in [-0.1, -0.05) is 28.6 Å². The largest absolute Gasteiger partial charge is 0.493 e. The number of fused-ring (bicyclic) bond motifs is 2. The van der Waals surface area contributed by atoms with Crippen LogP contribution in [0.2, 0.25) is 0 Å². The summed E-state index contributed by atoms with van der Waals surface area (Å²) < 4.78 is 16.0. The highest BCUT2D eigenvalue weighted by atomic mass is 32.1. The summed E-state index contributed by atoms with van der Waals surface area (Å²) >= 11 is 1.35. The summed E-state index contributed by atoms with van der Waals surface area (Å²) in [6.45, 7) is 2.63. The van der Waals surface area contributed by atoms with Gasteiger partial charge in [-0.3, -0.25) is 14.9 Å². The van der Waals surface area contributed by atoms with Crippen LogP contribution in [0.4, 0.5) is 5.13 Å². The average Bonchev–Trinajstić information content (AvgIpc) is 3.49. The van der Waals surface area contributed by atoms with E-state index < -0.39 is 0 Å². The van der Waals surface area contributed by atoms with Gasteiger partial charge in [0.2, 0.25) is 0 Å². The molecule has 4 aromatic rings. The molecule has 0 unspecified atom stereocenters. The van der Waals surface area contributed by atoms with Gasteiger partial charge in [0.15, 0.2) is 27.9 Å². The number of hydrogen-bond acceptors (Lipinski definition) is 8. The zero-order chi connectivity index (χ0) is 21.5. The highest BCUT2D eigenvalue weighted by molar-refractivity contribution is 7.15. The van der Waals surface area contributed by atoms with E-state index in [1.807, 2.05) is 12.1 Å². The first kappa shape index (κ1) is 19.3. The zero-order valence-electron chi connectivity index (χ0n) is 16.8. The molecule has 0 radical (unpaired) electrons. The fourth-order valence-corrected chi connectivity index (χ4v) is 4.53. The molecule has 0 bridgehead atoms. The van der Waals surface area contributed by atoms with Gasteiger partial charge in [-0.2, -0.15) is 0 Å². The molecule has 10 heteroatoms. The third-order valence-corrected chi connectivity index (χ3v) is 6.04. The maximum Gasteiger partial charge on any atom is 0.289 e. The number of hydrogen-bond donors (Lipinski definition) is 1. The Bertz CT molecular complexity index is 1300. The zero-order valence-corrected chi connectivity index (χ0v) is 17.6. The van der Waals surface area contributed by atoms with E-state index in [0.717, 1.165) is 16.0 Å². The highest BCUT2D eigenvalue weighted by Crippen LogP contribution is 2.32. The van der Waals surface area contributed by atoms with Gasteiger partial charge in [0.25, 0.3) is 11.8 Å². The van der Waals surface area contributed by atoms with Crippen molar-refractivity contribution in [2.24, 2.45) is 0 Å². The normalized spacial score (nSPS) is 13.3. The van der Waals surface area contributed by atoms with E-state index in [2.05, 4.69) is 15.5 Å². The van der Waals surface area contributed by atoms with E-state index in [4.69, 9.17) is 13.7 Å².